The van der Waals surface area contributed by atoms with E-state index in [1.54, 1.807) is 0 Å². The van der Waals surface area contributed by atoms with Crippen molar-refractivity contribution in [3.05, 3.63) is 0 Å². The fraction of sp³-hybridized carbons (Fsp3) is 1.00. The Balaban J connectivity index is -0.000000405. The Bertz CT molecular complexity index is 135. The first-order chi connectivity index (χ1) is 4.45. The minimum Gasteiger partial charge on any atom is -0.412 e. The van der Waals surface area contributed by atoms with Gasteiger partial charge in [0.2, 0.25) is 0 Å². The van der Waals surface area contributed by atoms with Crippen molar-refractivity contribution in [3.63, 3.8) is 0 Å². The minimum atomic E-state index is -4.50. The lowest BCUT2D eigenvalue weighted by Gasteiger charge is -2.07. The summed E-state index contributed by atoms with van der Waals surface area (Å²) in [5, 5.41) is 16.7. The van der Waals surface area contributed by atoms with E-state index in [1.165, 1.54) is 0 Å². The van der Waals surface area contributed by atoms with Gasteiger partial charge in [0, 0.05) is 0 Å². The predicted octanol–water partition coefficient (Wildman–Crippen LogP) is -3.29. The fourth-order valence-corrected chi connectivity index (χ4v) is 0.602. The molecule has 0 bridgehead atoms. The molecule has 0 aromatic heterocycles. The van der Waals surface area contributed by atoms with Crippen molar-refractivity contribution >= 4 is 30.9 Å². The molecule has 0 saturated carbocycles. The summed E-state index contributed by atoms with van der Waals surface area (Å²) < 4.78 is 13.8. The van der Waals surface area contributed by atoms with Crippen LogP contribution in [0.25, 0.3) is 0 Å². The van der Waals surface area contributed by atoms with Gasteiger partial charge in [0.1, 0.15) is 6.10 Å². The molecular weight excluding hydrogens is 203 g/mol. The van der Waals surface area contributed by atoms with E-state index in [0.29, 0.717) is 0 Å². The molecule has 0 saturated heterocycles. The van der Waals surface area contributed by atoms with Crippen LogP contribution >= 0.6 is 7.82 Å². The summed E-state index contributed by atoms with van der Waals surface area (Å²) in [6.45, 7) is -1.15. The van der Waals surface area contributed by atoms with E-state index in [0.717, 1.165) is 0 Å². The molecule has 0 aromatic carbocycles. The highest BCUT2D eigenvalue weighted by Gasteiger charge is 2.15. The van der Waals surface area contributed by atoms with E-state index >= 15 is 0 Å². The molecule has 7 nitrogen and oxygen atoms in total. The Labute approximate surface area is 85.1 Å². The summed E-state index contributed by atoms with van der Waals surface area (Å²) in [5.41, 5.74) is 0. The average Bonchev–Trinajstić information content (AvgIpc) is 1.81. The third-order valence-electron chi connectivity index (χ3n) is 0.646. The summed E-state index contributed by atoms with van der Waals surface area (Å²) in [5.74, 6) is 0. The second-order valence-corrected chi connectivity index (χ2v) is 2.86. The van der Waals surface area contributed by atoms with Crippen LogP contribution in [-0.4, -0.2) is 67.8 Å². The maximum Gasteiger partial charge on any atom is 0.469 e. The second kappa shape index (κ2) is 8.36. The highest BCUT2D eigenvalue weighted by atomic mass is 31.2. The number of hydrogen-bond acceptors (Lipinski definition) is 4. The molecule has 1 atom stereocenters. The van der Waals surface area contributed by atoms with Crippen LogP contribution in [-0.2, 0) is 9.09 Å². The molecule has 0 spiro atoms. The van der Waals surface area contributed by atoms with Crippen molar-refractivity contribution in [1.82, 2.24) is 0 Å². The Morgan fingerprint density at radius 3 is 2.08 bits per heavy atom. The van der Waals surface area contributed by atoms with Gasteiger partial charge >= 0.3 is 30.9 Å². The molecule has 0 fully saturated rings. The molecule has 0 aliphatic carbocycles. The van der Waals surface area contributed by atoms with Crippen LogP contribution < -0.4 is 0 Å². The Morgan fingerprint density at radius 2 is 1.83 bits per heavy atom. The van der Waals surface area contributed by atoms with Gasteiger partial charge in [-0.3, -0.25) is 4.52 Å². The van der Waals surface area contributed by atoms with Gasteiger partial charge in [-0.1, -0.05) is 0 Å². The molecule has 6 N–H and O–H groups in total. The summed E-state index contributed by atoms with van der Waals surface area (Å²) in [4.78, 5) is 16.1. The number of phosphoric ester groups is 1. The van der Waals surface area contributed by atoms with Crippen molar-refractivity contribution in [3.8, 4) is 0 Å². The summed E-state index contributed by atoms with van der Waals surface area (Å²) in [7, 11) is -4.50. The first-order valence-corrected chi connectivity index (χ1v) is 3.98. The topological polar surface area (TPSA) is 139 Å². The van der Waals surface area contributed by atoms with E-state index in [2.05, 4.69) is 4.52 Å². The van der Waals surface area contributed by atoms with Crippen LogP contribution in [0.15, 0.2) is 0 Å². The standard InChI is InChI=1S/C3H9O6P.Mg.H2O.2H/c4-1-3(5)2-9-10(6,7)8;;;;/h3-5H,1-2H2,(H2,6,7,8);;1H2;;. The first-order valence-electron chi connectivity index (χ1n) is 2.44. The SMILES string of the molecule is O.O=P(O)(O)OCC(O)CO.[MgH2]. The highest BCUT2D eigenvalue weighted by molar-refractivity contribution is 7.46. The zero-order chi connectivity index (χ0) is 8.20. The lowest BCUT2D eigenvalue weighted by atomic mass is 10.4. The Morgan fingerprint density at radius 1 is 1.42 bits per heavy atom. The predicted molar refractivity (Wildman–Crippen MR) is 43.2 cm³/mol. The largest absolute Gasteiger partial charge is 0.469 e. The number of aliphatic hydroxyl groups is 2. The second-order valence-electron chi connectivity index (χ2n) is 1.62. The molecule has 0 amide bonds. The molecule has 9 heteroatoms. The number of rotatable bonds is 4. The molecule has 0 aromatic rings. The summed E-state index contributed by atoms with van der Waals surface area (Å²) in [6.07, 6.45) is -1.24. The van der Waals surface area contributed by atoms with Crippen LogP contribution in [0.5, 0.6) is 0 Å². The zero-order valence-corrected chi connectivity index (χ0v) is 6.44. The fourth-order valence-electron chi connectivity index (χ4n) is 0.236. The molecule has 1 unspecified atom stereocenters. The van der Waals surface area contributed by atoms with E-state index in [9.17, 15) is 4.57 Å². The third kappa shape index (κ3) is 13.4. The summed E-state index contributed by atoms with van der Waals surface area (Å²) >= 11 is 0. The van der Waals surface area contributed by atoms with Crippen molar-refractivity contribution < 1.29 is 34.6 Å². The smallest absolute Gasteiger partial charge is 0.412 e. The minimum absolute atomic E-state index is 0. The number of phosphoric acid groups is 1. The molecule has 0 aliphatic rings. The molecule has 74 valence electrons. The highest BCUT2D eigenvalue weighted by Crippen LogP contribution is 2.35. The van der Waals surface area contributed by atoms with Crippen molar-refractivity contribution in [2.45, 2.75) is 6.10 Å². The molecule has 0 radical (unpaired) electrons. The van der Waals surface area contributed by atoms with Gasteiger partial charge < -0.3 is 25.5 Å². The maximum absolute atomic E-state index is 9.93. The number of aliphatic hydroxyl groups excluding tert-OH is 2. The van der Waals surface area contributed by atoms with Crippen LogP contribution in [0.1, 0.15) is 0 Å². The van der Waals surface area contributed by atoms with Crippen LogP contribution in [0, 0.1) is 0 Å². The molecule has 0 rings (SSSR count). The van der Waals surface area contributed by atoms with Gasteiger partial charge in [0.25, 0.3) is 0 Å². The van der Waals surface area contributed by atoms with Crippen LogP contribution in [0.2, 0.25) is 0 Å². The van der Waals surface area contributed by atoms with Crippen LogP contribution in [0.3, 0.4) is 0 Å². The lowest BCUT2D eigenvalue weighted by molar-refractivity contribution is 0.0419. The van der Waals surface area contributed by atoms with Crippen molar-refractivity contribution in [2.24, 2.45) is 0 Å². The van der Waals surface area contributed by atoms with Gasteiger partial charge in [-0.2, -0.15) is 0 Å². The first kappa shape index (κ1) is 18.5. The third-order valence-corrected chi connectivity index (χ3v) is 1.13. The molecule has 0 heterocycles. The quantitative estimate of drug-likeness (QED) is 0.287. The van der Waals surface area contributed by atoms with Gasteiger partial charge in [0.15, 0.2) is 0 Å². The molecule has 0 aliphatic heterocycles. The average molecular weight is 216 g/mol. The van der Waals surface area contributed by atoms with E-state index in [-0.39, 0.29) is 28.5 Å². The lowest BCUT2D eigenvalue weighted by Crippen LogP contribution is -2.18. The van der Waals surface area contributed by atoms with E-state index in [1.807, 2.05) is 0 Å². The van der Waals surface area contributed by atoms with Gasteiger partial charge in [-0.25, -0.2) is 4.57 Å². The van der Waals surface area contributed by atoms with Crippen LogP contribution in [0.4, 0.5) is 0 Å². The van der Waals surface area contributed by atoms with Crippen molar-refractivity contribution in [1.29, 1.82) is 0 Å². The molecular formula is C3H13MgO7P. The Hall–Kier alpha value is 0.756. The van der Waals surface area contributed by atoms with E-state index < -0.39 is 27.1 Å². The van der Waals surface area contributed by atoms with E-state index in [4.69, 9.17) is 20.0 Å². The van der Waals surface area contributed by atoms with Crippen molar-refractivity contribution in [2.75, 3.05) is 13.2 Å². The van der Waals surface area contributed by atoms with Gasteiger partial charge in [-0.05, 0) is 0 Å². The normalized spacial score (nSPS) is 12.7. The Kier molecular flexibility index (Phi) is 12.9. The summed E-state index contributed by atoms with van der Waals surface area (Å²) in [6, 6.07) is 0. The molecule has 12 heavy (non-hydrogen) atoms. The van der Waals surface area contributed by atoms with Gasteiger partial charge in [-0.15, -0.1) is 0 Å². The number of hydrogen-bond donors (Lipinski definition) is 4. The van der Waals surface area contributed by atoms with Gasteiger partial charge in [0.05, 0.1) is 13.2 Å². The zero-order valence-electron chi connectivity index (χ0n) is 5.54. The monoisotopic (exact) mass is 216 g/mol. The maximum atomic E-state index is 9.93.